The van der Waals surface area contributed by atoms with E-state index in [1.54, 1.807) is 19.2 Å². The molecule has 1 heterocycles. The fourth-order valence-electron chi connectivity index (χ4n) is 2.26. The molecule has 1 N–H and O–H groups in total. The minimum absolute atomic E-state index is 0.0179. The summed E-state index contributed by atoms with van der Waals surface area (Å²) < 4.78 is 11.2. The number of ether oxygens (including phenoxy) is 2. The third-order valence-corrected chi connectivity index (χ3v) is 3.20. The van der Waals surface area contributed by atoms with E-state index >= 15 is 0 Å². The Morgan fingerprint density at radius 1 is 1.53 bits per heavy atom. The maximum atomic E-state index is 9.47. The maximum absolute atomic E-state index is 9.47. The quantitative estimate of drug-likeness (QED) is 0.808. The van der Waals surface area contributed by atoms with Gasteiger partial charge in [-0.3, -0.25) is 0 Å². The van der Waals surface area contributed by atoms with Crippen LogP contribution in [0.25, 0.3) is 0 Å². The van der Waals surface area contributed by atoms with Gasteiger partial charge in [0.2, 0.25) is 0 Å². The van der Waals surface area contributed by atoms with Crippen LogP contribution in [0.15, 0.2) is 24.3 Å². The zero-order chi connectivity index (χ0) is 10.9. The lowest BCUT2D eigenvalue weighted by Crippen LogP contribution is -2.35. The number of phenols is 1. The number of hydrogen-bond donors (Lipinski definition) is 1. The van der Waals surface area contributed by atoms with E-state index in [0.717, 1.165) is 12.0 Å². The average Bonchev–Trinajstić information content (AvgIpc) is 2.61. The van der Waals surface area contributed by atoms with E-state index in [-0.39, 0.29) is 11.9 Å². The van der Waals surface area contributed by atoms with Crippen LogP contribution in [0.2, 0.25) is 0 Å². The van der Waals surface area contributed by atoms with Crippen LogP contribution in [-0.2, 0) is 15.1 Å². The Morgan fingerprint density at radius 3 is 2.87 bits per heavy atom. The second-order valence-corrected chi connectivity index (χ2v) is 3.91. The molecule has 0 bridgehead atoms. The Bertz CT molecular complexity index is 350. The molecule has 15 heavy (non-hydrogen) atoms. The molecule has 0 spiro atoms. The summed E-state index contributed by atoms with van der Waals surface area (Å²) in [4.78, 5) is 0. The molecule has 1 fully saturated rings. The molecular weight excluding hydrogens is 192 g/mol. The summed E-state index contributed by atoms with van der Waals surface area (Å²) in [6.45, 7) is 2.70. The van der Waals surface area contributed by atoms with E-state index in [1.807, 2.05) is 19.1 Å². The summed E-state index contributed by atoms with van der Waals surface area (Å²) in [7, 11) is 1.69. The van der Waals surface area contributed by atoms with Gasteiger partial charge in [-0.05, 0) is 24.6 Å². The van der Waals surface area contributed by atoms with Gasteiger partial charge in [0.1, 0.15) is 11.4 Å². The predicted molar refractivity (Wildman–Crippen MR) is 56.8 cm³/mol. The van der Waals surface area contributed by atoms with Crippen molar-refractivity contribution >= 4 is 0 Å². The zero-order valence-electron chi connectivity index (χ0n) is 9.06. The van der Waals surface area contributed by atoms with Gasteiger partial charge in [0.25, 0.3) is 0 Å². The molecule has 1 aromatic carbocycles. The molecule has 3 nitrogen and oxygen atoms in total. The number of rotatable bonds is 2. The van der Waals surface area contributed by atoms with Gasteiger partial charge < -0.3 is 14.6 Å². The van der Waals surface area contributed by atoms with E-state index in [4.69, 9.17) is 9.47 Å². The predicted octanol–water partition coefficient (Wildman–Crippen LogP) is 2.04. The fraction of sp³-hybridized carbons (Fsp3) is 0.500. The Morgan fingerprint density at radius 2 is 2.33 bits per heavy atom. The molecule has 0 aliphatic carbocycles. The van der Waals surface area contributed by atoms with Crippen LogP contribution in [0, 0.1) is 0 Å². The monoisotopic (exact) mass is 208 g/mol. The van der Waals surface area contributed by atoms with E-state index in [2.05, 4.69) is 0 Å². The largest absolute Gasteiger partial charge is 0.508 e. The molecule has 1 aromatic rings. The van der Waals surface area contributed by atoms with Gasteiger partial charge in [-0.2, -0.15) is 0 Å². The first-order valence-corrected chi connectivity index (χ1v) is 5.15. The molecule has 0 radical (unpaired) electrons. The molecule has 0 saturated carbocycles. The normalized spacial score (nSPS) is 30.7. The molecule has 3 heteroatoms. The van der Waals surface area contributed by atoms with Gasteiger partial charge >= 0.3 is 0 Å². The summed E-state index contributed by atoms with van der Waals surface area (Å²) in [6, 6.07) is 7.20. The molecule has 2 rings (SSSR count). The van der Waals surface area contributed by atoms with Crippen LogP contribution >= 0.6 is 0 Å². The maximum Gasteiger partial charge on any atom is 0.121 e. The van der Waals surface area contributed by atoms with Crippen molar-refractivity contribution in [3.8, 4) is 5.75 Å². The summed E-state index contributed by atoms with van der Waals surface area (Å²) in [5.74, 6) is 0.267. The van der Waals surface area contributed by atoms with E-state index in [0.29, 0.717) is 6.61 Å². The highest BCUT2D eigenvalue weighted by Gasteiger charge is 2.43. The third-order valence-electron chi connectivity index (χ3n) is 3.20. The second-order valence-electron chi connectivity index (χ2n) is 3.91. The zero-order valence-corrected chi connectivity index (χ0v) is 9.06. The minimum atomic E-state index is -0.404. The molecule has 2 atom stereocenters. The molecule has 0 amide bonds. The number of hydrogen-bond acceptors (Lipinski definition) is 3. The van der Waals surface area contributed by atoms with Crippen LogP contribution in [-0.4, -0.2) is 24.9 Å². The van der Waals surface area contributed by atoms with Crippen molar-refractivity contribution in [1.29, 1.82) is 0 Å². The lowest BCUT2D eigenvalue weighted by atomic mass is 9.87. The van der Waals surface area contributed by atoms with Crippen LogP contribution in [0.5, 0.6) is 5.75 Å². The topological polar surface area (TPSA) is 38.7 Å². The molecule has 2 unspecified atom stereocenters. The smallest absolute Gasteiger partial charge is 0.121 e. The van der Waals surface area contributed by atoms with Gasteiger partial charge in [0.05, 0.1) is 12.7 Å². The summed E-state index contributed by atoms with van der Waals surface area (Å²) in [5, 5.41) is 9.47. The molecule has 82 valence electrons. The first-order valence-electron chi connectivity index (χ1n) is 5.15. The van der Waals surface area contributed by atoms with Crippen molar-refractivity contribution in [2.24, 2.45) is 0 Å². The summed E-state index contributed by atoms with van der Waals surface area (Å²) in [5.41, 5.74) is 0.577. The first-order chi connectivity index (χ1) is 7.19. The van der Waals surface area contributed by atoms with Crippen LogP contribution in [0.3, 0.4) is 0 Å². The number of methoxy groups -OCH3 is 1. The number of aromatic hydroxyl groups is 1. The SMILES string of the molecule is COC1(c2cccc(O)c2)CCOC1C. The minimum Gasteiger partial charge on any atom is -0.508 e. The van der Waals surface area contributed by atoms with Gasteiger partial charge in [-0.1, -0.05) is 12.1 Å². The van der Waals surface area contributed by atoms with Crippen molar-refractivity contribution in [2.75, 3.05) is 13.7 Å². The number of phenolic OH excluding ortho intramolecular Hbond substituents is 1. The van der Waals surface area contributed by atoms with Gasteiger partial charge in [0, 0.05) is 13.5 Å². The van der Waals surface area contributed by atoms with Crippen molar-refractivity contribution in [3.63, 3.8) is 0 Å². The van der Waals surface area contributed by atoms with Crippen molar-refractivity contribution in [2.45, 2.75) is 25.0 Å². The van der Waals surface area contributed by atoms with E-state index in [1.165, 1.54) is 0 Å². The van der Waals surface area contributed by atoms with Crippen LogP contribution in [0.4, 0.5) is 0 Å². The highest BCUT2D eigenvalue weighted by molar-refractivity contribution is 5.33. The standard InChI is InChI=1S/C12H16O3/c1-9-12(14-2,6-7-15-9)10-4-3-5-11(13)8-10/h3-5,8-9,13H,6-7H2,1-2H3. The highest BCUT2D eigenvalue weighted by atomic mass is 16.6. The van der Waals surface area contributed by atoms with Crippen molar-refractivity contribution in [1.82, 2.24) is 0 Å². The van der Waals surface area contributed by atoms with Crippen LogP contribution < -0.4 is 0 Å². The van der Waals surface area contributed by atoms with Crippen molar-refractivity contribution < 1.29 is 14.6 Å². The van der Waals surface area contributed by atoms with E-state index < -0.39 is 5.60 Å². The molecule has 0 aromatic heterocycles. The average molecular weight is 208 g/mol. The molecular formula is C12H16O3. The molecule has 1 aliphatic rings. The highest BCUT2D eigenvalue weighted by Crippen LogP contribution is 2.39. The number of benzene rings is 1. The fourth-order valence-corrected chi connectivity index (χ4v) is 2.26. The van der Waals surface area contributed by atoms with Crippen LogP contribution in [0.1, 0.15) is 18.9 Å². The van der Waals surface area contributed by atoms with Crippen molar-refractivity contribution in [3.05, 3.63) is 29.8 Å². The summed E-state index contributed by atoms with van der Waals surface area (Å²) >= 11 is 0. The first kappa shape index (κ1) is 10.5. The Labute approximate surface area is 89.6 Å². The lowest BCUT2D eigenvalue weighted by molar-refractivity contribution is -0.0648. The Balaban J connectivity index is 2.42. The van der Waals surface area contributed by atoms with Gasteiger partial charge in [0.15, 0.2) is 0 Å². The second kappa shape index (κ2) is 3.83. The Hall–Kier alpha value is -1.06. The summed E-state index contributed by atoms with van der Waals surface area (Å²) in [6.07, 6.45) is 0.845. The van der Waals surface area contributed by atoms with Gasteiger partial charge in [-0.15, -0.1) is 0 Å². The molecule has 1 aliphatic heterocycles. The van der Waals surface area contributed by atoms with Gasteiger partial charge in [-0.25, -0.2) is 0 Å². The van der Waals surface area contributed by atoms with E-state index in [9.17, 15) is 5.11 Å². The molecule has 1 saturated heterocycles. The third kappa shape index (κ3) is 1.62. The lowest BCUT2D eigenvalue weighted by Gasteiger charge is -2.31. The Kier molecular flexibility index (Phi) is 2.67.